The van der Waals surface area contributed by atoms with Gasteiger partial charge < -0.3 is 5.32 Å². The Bertz CT molecular complexity index is 598. The van der Waals surface area contributed by atoms with Crippen LogP contribution in [-0.4, -0.2) is 32.7 Å². The fourth-order valence-electron chi connectivity index (χ4n) is 3.25. The minimum absolute atomic E-state index is 0.621. The molecular formula is C15H23N5. The third kappa shape index (κ3) is 2.54. The third-order valence-electron chi connectivity index (χ3n) is 4.40. The van der Waals surface area contributed by atoms with Crippen LogP contribution < -0.4 is 5.32 Å². The maximum absolute atomic E-state index is 4.45. The van der Waals surface area contributed by atoms with E-state index < -0.39 is 0 Å². The van der Waals surface area contributed by atoms with Gasteiger partial charge in [0.15, 0.2) is 0 Å². The third-order valence-corrected chi connectivity index (χ3v) is 4.40. The summed E-state index contributed by atoms with van der Waals surface area (Å²) in [6.07, 6.45) is 3.58. The Morgan fingerprint density at radius 3 is 3.00 bits per heavy atom. The fraction of sp³-hybridized carbons (Fsp3) is 0.667. The number of nitrogens with one attached hydrogen (secondary N) is 1. The van der Waals surface area contributed by atoms with Gasteiger partial charge in [-0.2, -0.15) is 0 Å². The SMILES string of the molecule is Cc1cc(C)n2c(CC(C)C3CCCNC3)nnc2n1. The van der Waals surface area contributed by atoms with E-state index in [0.717, 1.165) is 36.2 Å². The summed E-state index contributed by atoms with van der Waals surface area (Å²) >= 11 is 0. The molecule has 2 aromatic rings. The maximum atomic E-state index is 4.45. The summed E-state index contributed by atoms with van der Waals surface area (Å²) in [5.74, 6) is 3.14. The Balaban J connectivity index is 1.83. The first-order chi connectivity index (χ1) is 9.65. The highest BCUT2D eigenvalue weighted by molar-refractivity contribution is 5.32. The largest absolute Gasteiger partial charge is 0.316 e. The van der Waals surface area contributed by atoms with Gasteiger partial charge in [0.2, 0.25) is 0 Å². The molecule has 2 aromatic heterocycles. The fourth-order valence-corrected chi connectivity index (χ4v) is 3.25. The quantitative estimate of drug-likeness (QED) is 0.928. The van der Waals surface area contributed by atoms with E-state index >= 15 is 0 Å². The number of hydrogen-bond acceptors (Lipinski definition) is 4. The van der Waals surface area contributed by atoms with Crippen molar-refractivity contribution in [1.82, 2.24) is 24.9 Å². The second-order valence-electron chi connectivity index (χ2n) is 6.08. The summed E-state index contributed by atoms with van der Waals surface area (Å²) in [7, 11) is 0. The zero-order chi connectivity index (χ0) is 14.1. The van der Waals surface area contributed by atoms with Crippen molar-refractivity contribution in [2.45, 2.75) is 40.0 Å². The lowest BCUT2D eigenvalue weighted by molar-refractivity contribution is 0.275. The van der Waals surface area contributed by atoms with Crippen molar-refractivity contribution < 1.29 is 0 Å². The zero-order valence-electron chi connectivity index (χ0n) is 12.6. The molecular weight excluding hydrogens is 250 g/mol. The molecule has 3 rings (SSSR count). The van der Waals surface area contributed by atoms with E-state index in [2.05, 4.69) is 44.8 Å². The van der Waals surface area contributed by atoms with Crippen molar-refractivity contribution in [1.29, 1.82) is 0 Å². The molecule has 0 aliphatic carbocycles. The Hall–Kier alpha value is -1.49. The normalized spacial score (nSPS) is 21.2. The average Bonchev–Trinajstić information content (AvgIpc) is 2.82. The Kier molecular flexibility index (Phi) is 3.70. The number of rotatable bonds is 3. The van der Waals surface area contributed by atoms with Gasteiger partial charge in [-0.3, -0.25) is 4.40 Å². The molecule has 1 saturated heterocycles. The standard InChI is InChI=1S/C15H23N5/c1-10(13-5-4-6-16-9-13)7-14-18-19-15-17-11(2)8-12(3)20(14)15/h8,10,13,16H,4-7,9H2,1-3H3. The first-order valence-electron chi connectivity index (χ1n) is 7.54. The Morgan fingerprint density at radius 2 is 2.25 bits per heavy atom. The highest BCUT2D eigenvalue weighted by atomic mass is 15.3. The lowest BCUT2D eigenvalue weighted by Gasteiger charge is -2.28. The molecule has 108 valence electrons. The van der Waals surface area contributed by atoms with E-state index in [9.17, 15) is 0 Å². The highest BCUT2D eigenvalue weighted by Crippen LogP contribution is 2.23. The van der Waals surface area contributed by atoms with Crippen molar-refractivity contribution in [2.75, 3.05) is 13.1 Å². The van der Waals surface area contributed by atoms with Gasteiger partial charge in [0.25, 0.3) is 5.78 Å². The Morgan fingerprint density at radius 1 is 1.40 bits per heavy atom. The highest BCUT2D eigenvalue weighted by Gasteiger charge is 2.22. The number of hydrogen-bond donors (Lipinski definition) is 1. The van der Waals surface area contributed by atoms with Gasteiger partial charge in [0, 0.05) is 17.8 Å². The average molecular weight is 273 g/mol. The molecule has 5 nitrogen and oxygen atoms in total. The van der Waals surface area contributed by atoms with Gasteiger partial charge in [0.1, 0.15) is 5.82 Å². The van der Waals surface area contributed by atoms with E-state index in [1.807, 2.05) is 6.92 Å². The summed E-state index contributed by atoms with van der Waals surface area (Å²) in [4.78, 5) is 4.45. The first kappa shape index (κ1) is 13.5. The zero-order valence-corrected chi connectivity index (χ0v) is 12.6. The Labute approximate surface area is 119 Å². The van der Waals surface area contributed by atoms with Gasteiger partial charge in [0.05, 0.1) is 0 Å². The van der Waals surface area contributed by atoms with Crippen LogP contribution in [-0.2, 0) is 6.42 Å². The van der Waals surface area contributed by atoms with Crippen LogP contribution in [0.1, 0.15) is 37.0 Å². The van der Waals surface area contributed by atoms with Crippen LogP contribution >= 0.6 is 0 Å². The monoisotopic (exact) mass is 273 g/mol. The summed E-state index contributed by atoms with van der Waals surface area (Å²) < 4.78 is 2.10. The molecule has 1 aliphatic heterocycles. The number of nitrogens with zero attached hydrogens (tertiary/aromatic N) is 4. The van der Waals surface area contributed by atoms with E-state index in [0.29, 0.717) is 5.92 Å². The molecule has 1 fully saturated rings. The van der Waals surface area contributed by atoms with Crippen molar-refractivity contribution in [2.24, 2.45) is 11.8 Å². The lowest BCUT2D eigenvalue weighted by Crippen LogP contribution is -2.34. The summed E-state index contributed by atoms with van der Waals surface area (Å²) in [6, 6.07) is 2.09. The number of aryl methyl sites for hydroxylation is 2. The first-order valence-corrected chi connectivity index (χ1v) is 7.54. The molecule has 3 heterocycles. The van der Waals surface area contributed by atoms with Crippen molar-refractivity contribution >= 4 is 5.78 Å². The van der Waals surface area contributed by atoms with E-state index in [-0.39, 0.29) is 0 Å². The van der Waals surface area contributed by atoms with E-state index in [4.69, 9.17) is 0 Å². The molecule has 5 heteroatoms. The smallest absolute Gasteiger partial charge is 0.255 e. The summed E-state index contributed by atoms with van der Waals surface area (Å²) in [6.45, 7) is 8.72. The minimum atomic E-state index is 0.621. The van der Waals surface area contributed by atoms with Crippen LogP contribution in [0.15, 0.2) is 6.07 Å². The predicted octanol–water partition coefficient (Wildman–Crippen LogP) is 1.92. The van der Waals surface area contributed by atoms with Crippen molar-refractivity contribution in [3.8, 4) is 0 Å². The minimum Gasteiger partial charge on any atom is -0.316 e. The molecule has 0 aromatic carbocycles. The molecule has 2 unspecified atom stereocenters. The topological polar surface area (TPSA) is 55.1 Å². The van der Waals surface area contributed by atoms with Gasteiger partial charge >= 0.3 is 0 Å². The summed E-state index contributed by atoms with van der Waals surface area (Å²) in [5.41, 5.74) is 2.17. The van der Waals surface area contributed by atoms with Gasteiger partial charge in [-0.1, -0.05) is 6.92 Å². The predicted molar refractivity (Wildman–Crippen MR) is 78.7 cm³/mol. The van der Waals surface area contributed by atoms with Crippen LogP contribution in [0.25, 0.3) is 5.78 Å². The van der Waals surface area contributed by atoms with Crippen LogP contribution in [0.2, 0.25) is 0 Å². The van der Waals surface area contributed by atoms with Crippen molar-refractivity contribution in [3.63, 3.8) is 0 Å². The van der Waals surface area contributed by atoms with Gasteiger partial charge in [-0.15, -0.1) is 10.2 Å². The number of piperidine rings is 1. The maximum Gasteiger partial charge on any atom is 0.255 e. The molecule has 0 saturated carbocycles. The molecule has 0 radical (unpaired) electrons. The van der Waals surface area contributed by atoms with Crippen LogP contribution in [0.3, 0.4) is 0 Å². The lowest BCUT2D eigenvalue weighted by atomic mass is 9.85. The second kappa shape index (κ2) is 5.48. The number of fused-ring (bicyclic) bond motifs is 1. The summed E-state index contributed by atoms with van der Waals surface area (Å²) in [5, 5.41) is 12.1. The number of aromatic nitrogens is 4. The van der Waals surface area contributed by atoms with Crippen LogP contribution in [0.5, 0.6) is 0 Å². The van der Waals surface area contributed by atoms with Gasteiger partial charge in [-0.05, 0) is 57.7 Å². The molecule has 2 atom stereocenters. The van der Waals surface area contributed by atoms with Crippen LogP contribution in [0, 0.1) is 25.7 Å². The van der Waals surface area contributed by atoms with Gasteiger partial charge in [-0.25, -0.2) is 4.98 Å². The molecule has 20 heavy (non-hydrogen) atoms. The molecule has 0 spiro atoms. The molecule has 0 bridgehead atoms. The van der Waals surface area contributed by atoms with Crippen LogP contribution in [0.4, 0.5) is 0 Å². The molecule has 0 amide bonds. The van der Waals surface area contributed by atoms with E-state index in [1.54, 1.807) is 0 Å². The second-order valence-corrected chi connectivity index (χ2v) is 6.08. The molecule has 1 aliphatic rings. The van der Waals surface area contributed by atoms with Crippen molar-refractivity contribution in [3.05, 3.63) is 23.3 Å². The van der Waals surface area contributed by atoms with E-state index in [1.165, 1.54) is 25.1 Å². The molecule has 1 N–H and O–H groups in total.